The summed E-state index contributed by atoms with van der Waals surface area (Å²) >= 11 is 0. The molecule has 0 aliphatic carbocycles. The van der Waals surface area contributed by atoms with Gasteiger partial charge >= 0.3 is 0 Å². The minimum absolute atomic E-state index is 0.159. The number of morpholine rings is 1. The van der Waals surface area contributed by atoms with E-state index in [0.717, 1.165) is 46.8 Å². The number of anilines is 4. The van der Waals surface area contributed by atoms with Gasteiger partial charge in [-0.2, -0.15) is 5.10 Å². The van der Waals surface area contributed by atoms with Gasteiger partial charge in [-0.3, -0.25) is 9.59 Å². The lowest BCUT2D eigenvalue weighted by molar-refractivity contribution is 0.0938. The van der Waals surface area contributed by atoms with E-state index >= 15 is 0 Å². The number of rotatable bonds is 8. The highest BCUT2D eigenvalue weighted by Crippen LogP contribution is 2.28. The number of aryl methyl sites for hydroxylation is 2. The van der Waals surface area contributed by atoms with Gasteiger partial charge in [0.2, 0.25) is 0 Å². The molecule has 2 aromatic heterocycles. The molecule has 3 aromatic carbocycles. The fraction of sp³-hybridized carbons (Fsp3) is 0.235. The molecule has 1 aliphatic heterocycles. The maximum atomic E-state index is 13.3. The topological polar surface area (TPSA) is 113 Å². The van der Waals surface area contributed by atoms with Crippen molar-refractivity contribution in [1.82, 2.24) is 19.9 Å². The average Bonchev–Trinajstić information content (AvgIpc) is 3.40. The van der Waals surface area contributed by atoms with Crippen LogP contribution in [0.5, 0.6) is 0 Å². The molecule has 6 rings (SSSR count). The molecule has 0 radical (unpaired) electrons. The highest BCUT2D eigenvalue weighted by Gasteiger charge is 2.20. The maximum Gasteiger partial charge on any atom is 0.255 e. The molecule has 1 atom stereocenters. The minimum atomic E-state index is -0.217. The summed E-state index contributed by atoms with van der Waals surface area (Å²) in [5.74, 6) is 0.125. The quantitative estimate of drug-likeness (QED) is 0.214. The van der Waals surface area contributed by atoms with Crippen molar-refractivity contribution in [2.24, 2.45) is 0 Å². The van der Waals surface area contributed by atoms with Crippen LogP contribution in [0.15, 0.2) is 85.3 Å². The molecule has 5 aromatic rings. The molecule has 1 fully saturated rings. The lowest BCUT2D eigenvalue weighted by atomic mass is 10.1. The zero-order valence-electron chi connectivity index (χ0n) is 25.0. The van der Waals surface area contributed by atoms with E-state index in [-0.39, 0.29) is 17.9 Å². The minimum Gasteiger partial charge on any atom is -0.378 e. The van der Waals surface area contributed by atoms with E-state index in [9.17, 15) is 9.59 Å². The van der Waals surface area contributed by atoms with E-state index in [4.69, 9.17) is 4.74 Å². The number of carbonyl (C=O) groups excluding carboxylic acids is 2. The molecule has 2 amide bonds. The van der Waals surface area contributed by atoms with Crippen LogP contribution in [0.1, 0.15) is 50.4 Å². The normalized spacial score (nSPS) is 13.8. The van der Waals surface area contributed by atoms with Crippen LogP contribution in [0.25, 0.3) is 5.52 Å². The number of nitrogens with one attached hydrogen (secondary N) is 3. The summed E-state index contributed by atoms with van der Waals surface area (Å²) in [4.78, 5) is 33.3. The zero-order chi connectivity index (χ0) is 30.6. The Bertz CT molecular complexity index is 1810. The van der Waals surface area contributed by atoms with Gasteiger partial charge in [-0.25, -0.2) is 9.50 Å². The Morgan fingerprint density at radius 3 is 2.52 bits per heavy atom. The molecule has 0 saturated carbocycles. The van der Waals surface area contributed by atoms with Gasteiger partial charge in [0.05, 0.1) is 24.8 Å². The smallest absolute Gasteiger partial charge is 0.255 e. The third-order valence-electron chi connectivity index (χ3n) is 7.95. The summed E-state index contributed by atoms with van der Waals surface area (Å²) in [5, 5.41) is 13.8. The van der Waals surface area contributed by atoms with Crippen LogP contribution in [0.3, 0.4) is 0 Å². The lowest BCUT2D eigenvalue weighted by Crippen LogP contribution is -2.36. The van der Waals surface area contributed by atoms with Crippen molar-refractivity contribution < 1.29 is 14.3 Å². The predicted molar refractivity (Wildman–Crippen MR) is 172 cm³/mol. The Kier molecular flexibility index (Phi) is 8.25. The largest absolute Gasteiger partial charge is 0.378 e. The molecular formula is C34H35N7O3. The van der Waals surface area contributed by atoms with Crippen LogP contribution < -0.4 is 20.9 Å². The summed E-state index contributed by atoms with van der Waals surface area (Å²) in [7, 11) is 0. The number of amides is 2. The Hall–Kier alpha value is -5.22. The number of fused-ring (bicyclic) bond motifs is 1. The van der Waals surface area contributed by atoms with Crippen LogP contribution in [0.2, 0.25) is 0 Å². The van der Waals surface area contributed by atoms with Gasteiger partial charge in [-0.15, -0.1) is 0 Å². The van der Waals surface area contributed by atoms with E-state index < -0.39 is 0 Å². The first-order chi connectivity index (χ1) is 21.4. The Morgan fingerprint density at radius 1 is 0.932 bits per heavy atom. The van der Waals surface area contributed by atoms with E-state index in [1.54, 1.807) is 16.8 Å². The second-order valence-electron chi connectivity index (χ2n) is 10.9. The van der Waals surface area contributed by atoms with Gasteiger partial charge in [-0.1, -0.05) is 42.5 Å². The van der Waals surface area contributed by atoms with Crippen LogP contribution >= 0.6 is 0 Å². The second kappa shape index (κ2) is 12.6. The second-order valence-corrected chi connectivity index (χ2v) is 10.9. The van der Waals surface area contributed by atoms with Gasteiger partial charge in [0.15, 0.2) is 5.82 Å². The Labute approximate surface area is 256 Å². The van der Waals surface area contributed by atoms with Crippen molar-refractivity contribution in [2.75, 3.05) is 41.8 Å². The first-order valence-corrected chi connectivity index (χ1v) is 14.7. The van der Waals surface area contributed by atoms with Crippen molar-refractivity contribution in [1.29, 1.82) is 0 Å². The molecule has 224 valence electrons. The van der Waals surface area contributed by atoms with Gasteiger partial charge in [0.25, 0.3) is 11.8 Å². The van der Waals surface area contributed by atoms with Gasteiger partial charge in [-0.05, 0) is 67.8 Å². The third-order valence-corrected chi connectivity index (χ3v) is 7.95. The van der Waals surface area contributed by atoms with Crippen LogP contribution in [-0.2, 0) is 4.74 Å². The summed E-state index contributed by atoms with van der Waals surface area (Å²) < 4.78 is 7.12. The van der Waals surface area contributed by atoms with Crippen LogP contribution in [-0.4, -0.2) is 52.7 Å². The fourth-order valence-corrected chi connectivity index (χ4v) is 5.41. The first-order valence-electron chi connectivity index (χ1n) is 14.7. The summed E-state index contributed by atoms with van der Waals surface area (Å²) in [6.45, 7) is 8.83. The van der Waals surface area contributed by atoms with Gasteiger partial charge < -0.3 is 25.6 Å². The standard InChI is InChI=1S/C34H35N7O3/c1-22-12-13-26(33(42)38-27-10-7-11-28(19-27)40-14-16-44-17-15-40)18-30(22)39-32-31-23(2)29(20-41(31)36-21-35-32)34(43)37-24(3)25-8-5-4-6-9-25/h4-13,18-21,24H,14-17H2,1-3H3,(H,37,43)(H,38,42)(H,35,36,39)/t24-/m0/s1. The molecule has 3 N–H and O–H groups in total. The molecule has 1 aliphatic rings. The molecule has 10 heteroatoms. The average molecular weight is 590 g/mol. The van der Waals surface area contributed by atoms with Crippen molar-refractivity contribution >= 4 is 40.2 Å². The predicted octanol–water partition coefficient (Wildman–Crippen LogP) is 5.67. The molecule has 0 spiro atoms. The third kappa shape index (κ3) is 6.11. The number of hydrogen-bond acceptors (Lipinski definition) is 7. The summed E-state index contributed by atoms with van der Waals surface area (Å²) in [6.07, 6.45) is 3.16. The number of aromatic nitrogens is 3. The van der Waals surface area contributed by atoms with E-state index in [1.165, 1.54) is 6.33 Å². The number of ether oxygens (including phenoxy) is 1. The van der Waals surface area contributed by atoms with Crippen molar-refractivity contribution in [3.8, 4) is 0 Å². The van der Waals surface area contributed by atoms with Crippen LogP contribution in [0.4, 0.5) is 22.9 Å². The van der Waals surface area contributed by atoms with Crippen molar-refractivity contribution in [3.63, 3.8) is 0 Å². The Balaban J connectivity index is 1.21. The molecule has 0 unspecified atom stereocenters. The highest BCUT2D eigenvalue weighted by atomic mass is 16.5. The first kappa shape index (κ1) is 28.9. The monoisotopic (exact) mass is 589 g/mol. The lowest BCUT2D eigenvalue weighted by Gasteiger charge is -2.29. The van der Waals surface area contributed by atoms with Gasteiger partial charge in [0, 0.05) is 41.9 Å². The molecule has 0 bridgehead atoms. The van der Waals surface area contributed by atoms with Gasteiger partial charge in [0.1, 0.15) is 11.8 Å². The summed E-state index contributed by atoms with van der Waals surface area (Å²) in [5.41, 5.74) is 6.90. The molecular weight excluding hydrogens is 554 g/mol. The number of benzene rings is 3. The SMILES string of the molecule is Cc1ccc(C(=O)Nc2cccc(N3CCOCC3)c2)cc1Nc1ncnn2cc(C(=O)N[C@@H](C)c3ccccc3)c(C)c12. The van der Waals surface area contributed by atoms with Crippen LogP contribution in [0, 0.1) is 13.8 Å². The number of hydrogen-bond donors (Lipinski definition) is 3. The van der Waals surface area contributed by atoms with E-state index in [2.05, 4.69) is 30.9 Å². The summed E-state index contributed by atoms with van der Waals surface area (Å²) in [6, 6.07) is 23.0. The van der Waals surface area contributed by atoms with E-state index in [0.29, 0.717) is 35.7 Å². The highest BCUT2D eigenvalue weighted by molar-refractivity contribution is 6.05. The molecule has 10 nitrogen and oxygen atoms in total. The van der Waals surface area contributed by atoms with Crippen molar-refractivity contribution in [3.05, 3.63) is 113 Å². The van der Waals surface area contributed by atoms with Crippen molar-refractivity contribution in [2.45, 2.75) is 26.8 Å². The zero-order valence-corrected chi connectivity index (χ0v) is 25.0. The maximum absolute atomic E-state index is 13.3. The number of nitrogens with zero attached hydrogens (tertiary/aromatic N) is 4. The molecule has 44 heavy (non-hydrogen) atoms. The molecule has 3 heterocycles. The van der Waals surface area contributed by atoms with E-state index in [1.807, 2.05) is 87.5 Å². The number of carbonyl (C=O) groups is 2. The molecule has 1 saturated heterocycles. The Morgan fingerprint density at radius 2 is 1.73 bits per heavy atom. The fourth-order valence-electron chi connectivity index (χ4n) is 5.41.